The fraction of sp³-hybridized carbons (Fsp3) is 0.111. The van der Waals surface area contributed by atoms with Gasteiger partial charge in [-0.05, 0) is 37.3 Å². The zero-order valence-corrected chi connectivity index (χ0v) is 15.7. The summed E-state index contributed by atoms with van der Waals surface area (Å²) in [6.07, 6.45) is 2.22. The minimum Gasteiger partial charge on any atom is -0.452 e. The molecule has 0 aliphatic rings. The summed E-state index contributed by atoms with van der Waals surface area (Å²) < 4.78 is 19.0. The Bertz CT molecular complexity index is 930. The highest BCUT2D eigenvalue weighted by Crippen LogP contribution is 2.24. The molecule has 140 valence electrons. The van der Waals surface area contributed by atoms with Gasteiger partial charge in [-0.25, -0.2) is 9.18 Å². The number of nitrogens with one attached hydrogen (secondary N) is 1. The topological polar surface area (TPSA) is 98.5 Å². The molecule has 0 heterocycles. The smallest absolute Gasteiger partial charge is 0.331 e. The van der Waals surface area contributed by atoms with Crippen molar-refractivity contribution in [2.24, 2.45) is 0 Å². The van der Waals surface area contributed by atoms with Crippen LogP contribution in [-0.4, -0.2) is 23.4 Å². The van der Waals surface area contributed by atoms with Crippen molar-refractivity contribution < 1.29 is 23.6 Å². The van der Waals surface area contributed by atoms with E-state index in [0.717, 1.165) is 6.08 Å². The van der Waals surface area contributed by atoms with E-state index in [1.807, 2.05) is 0 Å². The first-order chi connectivity index (χ1) is 12.8. The molecule has 2 aromatic rings. The van der Waals surface area contributed by atoms with E-state index in [4.69, 9.17) is 4.74 Å². The van der Waals surface area contributed by atoms with Crippen LogP contribution in [0.15, 0.2) is 46.9 Å². The molecule has 0 bridgehead atoms. The van der Waals surface area contributed by atoms with Gasteiger partial charge in [0.05, 0.1) is 16.2 Å². The van der Waals surface area contributed by atoms with Crippen LogP contribution in [0.3, 0.4) is 0 Å². The normalized spacial score (nSPS) is 10.6. The molecule has 0 aromatic heterocycles. The van der Waals surface area contributed by atoms with E-state index in [-0.39, 0.29) is 22.5 Å². The Hall–Kier alpha value is -3.07. The van der Waals surface area contributed by atoms with Crippen LogP contribution in [0, 0.1) is 22.9 Å². The third-order valence-electron chi connectivity index (χ3n) is 3.48. The predicted octanol–water partition coefficient (Wildman–Crippen LogP) is 4.00. The first-order valence-electron chi connectivity index (χ1n) is 7.61. The number of nitro benzene ring substituents is 1. The number of halogens is 2. The molecule has 0 fully saturated rings. The van der Waals surface area contributed by atoms with Gasteiger partial charge in [0, 0.05) is 22.2 Å². The minimum absolute atomic E-state index is 0.135. The van der Waals surface area contributed by atoms with Crippen molar-refractivity contribution in [1.29, 1.82) is 0 Å². The molecule has 1 N–H and O–H groups in total. The summed E-state index contributed by atoms with van der Waals surface area (Å²) in [5.74, 6) is -2.00. The molecule has 7 nitrogen and oxygen atoms in total. The molecule has 0 unspecified atom stereocenters. The highest BCUT2D eigenvalue weighted by molar-refractivity contribution is 9.10. The van der Waals surface area contributed by atoms with E-state index in [0.29, 0.717) is 4.47 Å². The summed E-state index contributed by atoms with van der Waals surface area (Å²) in [7, 11) is 0. The van der Waals surface area contributed by atoms with Gasteiger partial charge in [0.2, 0.25) is 0 Å². The molecular weight excluding hydrogens is 423 g/mol. The summed E-state index contributed by atoms with van der Waals surface area (Å²) in [6.45, 7) is 0.904. The lowest BCUT2D eigenvalue weighted by molar-refractivity contribution is -0.385. The van der Waals surface area contributed by atoms with Crippen LogP contribution < -0.4 is 5.32 Å². The number of carbonyl (C=O) groups is 2. The molecule has 2 rings (SSSR count). The van der Waals surface area contributed by atoms with Gasteiger partial charge in [-0.15, -0.1) is 0 Å². The lowest BCUT2D eigenvalue weighted by atomic mass is 10.1. The highest BCUT2D eigenvalue weighted by Gasteiger charge is 2.15. The quantitative estimate of drug-likeness (QED) is 0.319. The third kappa shape index (κ3) is 5.71. The highest BCUT2D eigenvalue weighted by atomic mass is 79.9. The predicted molar refractivity (Wildman–Crippen MR) is 101 cm³/mol. The maximum atomic E-state index is 13.6. The molecule has 27 heavy (non-hydrogen) atoms. The summed E-state index contributed by atoms with van der Waals surface area (Å²) in [4.78, 5) is 33.9. The number of carbonyl (C=O) groups excluding carboxylic acids is 2. The van der Waals surface area contributed by atoms with Crippen molar-refractivity contribution in [1.82, 2.24) is 0 Å². The number of amides is 1. The second kappa shape index (κ2) is 9.04. The van der Waals surface area contributed by atoms with E-state index in [1.54, 1.807) is 0 Å². The zero-order chi connectivity index (χ0) is 20.0. The Morgan fingerprint density at radius 3 is 2.78 bits per heavy atom. The van der Waals surface area contributed by atoms with Gasteiger partial charge in [0.25, 0.3) is 11.6 Å². The Kier molecular flexibility index (Phi) is 6.78. The van der Waals surface area contributed by atoms with Gasteiger partial charge in [0.1, 0.15) is 5.82 Å². The van der Waals surface area contributed by atoms with E-state index in [1.165, 1.54) is 49.4 Å². The SMILES string of the molecule is Cc1c(NC(=O)COC(=O)/C=C/c2cc(Br)ccc2F)cccc1[N+](=O)[O-]. The van der Waals surface area contributed by atoms with Crippen LogP contribution in [0.2, 0.25) is 0 Å². The van der Waals surface area contributed by atoms with Crippen molar-refractivity contribution in [2.75, 3.05) is 11.9 Å². The number of hydrogen-bond acceptors (Lipinski definition) is 5. The summed E-state index contributed by atoms with van der Waals surface area (Å²) in [5.41, 5.74) is 0.575. The monoisotopic (exact) mass is 436 g/mol. The Balaban J connectivity index is 1.93. The largest absolute Gasteiger partial charge is 0.452 e. The number of nitrogens with zero attached hydrogens (tertiary/aromatic N) is 1. The molecule has 0 aliphatic heterocycles. The zero-order valence-electron chi connectivity index (χ0n) is 14.1. The van der Waals surface area contributed by atoms with Gasteiger partial charge < -0.3 is 10.1 Å². The number of ether oxygens (including phenoxy) is 1. The number of benzene rings is 2. The summed E-state index contributed by atoms with van der Waals surface area (Å²) in [6, 6.07) is 8.49. The van der Waals surface area contributed by atoms with Crippen molar-refractivity contribution in [3.63, 3.8) is 0 Å². The first kappa shape index (κ1) is 20.2. The average molecular weight is 437 g/mol. The van der Waals surface area contributed by atoms with Gasteiger partial charge in [0.15, 0.2) is 6.61 Å². The lowest BCUT2D eigenvalue weighted by Gasteiger charge is -2.08. The number of hydrogen-bond donors (Lipinski definition) is 1. The fourth-order valence-electron chi connectivity index (χ4n) is 2.13. The summed E-state index contributed by atoms with van der Waals surface area (Å²) in [5, 5.41) is 13.3. The second-order valence-electron chi connectivity index (χ2n) is 5.36. The number of anilines is 1. The maximum Gasteiger partial charge on any atom is 0.331 e. The minimum atomic E-state index is -0.833. The molecule has 0 aliphatic carbocycles. The van der Waals surface area contributed by atoms with E-state index >= 15 is 0 Å². The van der Waals surface area contributed by atoms with Gasteiger partial charge in [-0.3, -0.25) is 14.9 Å². The molecular formula is C18H14BrFN2O5. The first-order valence-corrected chi connectivity index (χ1v) is 8.41. The van der Waals surface area contributed by atoms with Crippen LogP contribution in [0.4, 0.5) is 15.8 Å². The average Bonchev–Trinajstić information content (AvgIpc) is 2.62. The Labute approximate surface area is 162 Å². The molecule has 1 amide bonds. The van der Waals surface area contributed by atoms with Gasteiger partial charge >= 0.3 is 5.97 Å². The van der Waals surface area contributed by atoms with Gasteiger partial charge in [-0.2, -0.15) is 0 Å². The van der Waals surface area contributed by atoms with Crippen LogP contribution >= 0.6 is 15.9 Å². The van der Waals surface area contributed by atoms with E-state index in [2.05, 4.69) is 21.2 Å². The molecule has 2 aromatic carbocycles. The van der Waals surface area contributed by atoms with Crippen LogP contribution in [0.25, 0.3) is 6.08 Å². The third-order valence-corrected chi connectivity index (χ3v) is 3.97. The Morgan fingerprint density at radius 1 is 1.33 bits per heavy atom. The second-order valence-corrected chi connectivity index (χ2v) is 6.28. The van der Waals surface area contributed by atoms with Gasteiger partial charge in [-0.1, -0.05) is 22.0 Å². The van der Waals surface area contributed by atoms with Crippen LogP contribution in [0.1, 0.15) is 11.1 Å². The molecule has 0 radical (unpaired) electrons. The molecule has 0 saturated carbocycles. The molecule has 0 saturated heterocycles. The lowest BCUT2D eigenvalue weighted by Crippen LogP contribution is -2.20. The number of nitro groups is 1. The molecule has 9 heteroatoms. The fourth-order valence-corrected chi connectivity index (χ4v) is 2.51. The Morgan fingerprint density at radius 2 is 2.07 bits per heavy atom. The van der Waals surface area contributed by atoms with E-state index < -0.39 is 29.2 Å². The van der Waals surface area contributed by atoms with Crippen LogP contribution in [-0.2, 0) is 14.3 Å². The maximum absolute atomic E-state index is 13.6. The number of esters is 1. The van der Waals surface area contributed by atoms with Crippen molar-refractivity contribution >= 4 is 45.3 Å². The van der Waals surface area contributed by atoms with E-state index in [9.17, 15) is 24.1 Å². The van der Waals surface area contributed by atoms with Crippen molar-refractivity contribution in [2.45, 2.75) is 6.92 Å². The molecule has 0 spiro atoms. The molecule has 0 atom stereocenters. The number of rotatable bonds is 6. The van der Waals surface area contributed by atoms with Crippen LogP contribution in [0.5, 0.6) is 0 Å². The van der Waals surface area contributed by atoms with Crippen molar-refractivity contribution in [3.05, 3.63) is 74.0 Å². The summed E-state index contributed by atoms with van der Waals surface area (Å²) >= 11 is 3.19. The van der Waals surface area contributed by atoms with Crippen molar-refractivity contribution in [3.8, 4) is 0 Å². The standard InChI is InChI=1S/C18H14BrFN2O5/c1-11-15(3-2-4-16(11)22(25)26)21-17(23)10-27-18(24)8-5-12-9-13(19)6-7-14(12)20/h2-9H,10H2,1H3,(H,21,23)/b8-5+.